The van der Waals surface area contributed by atoms with E-state index in [2.05, 4.69) is 17.1 Å². The van der Waals surface area contributed by atoms with Crippen LogP contribution >= 0.6 is 0 Å². The molecule has 2 saturated heterocycles. The maximum Gasteiger partial charge on any atom is 0.254 e. The van der Waals surface area contributed by atoms with Crippen LogP contribution in [0.5, 0.6) is 0 Å². The van der Waals surface area contributed by atoms with Gasteiger partial charge in [0, 0.05) is 37.7 Å². The fraction of sp³-hybridized carbons (Fsp3) is 0.545. The Morgan fingerprint density at radius 2 is 1.54 bits per heavy atom. The SMILES string of the molecule is Cc1ccccc1C(=O)N1CCC(C(=O)N2C[C@H]3CC=CC[C@H]3C2)CC1. The lowest BCUT2D eigenvalue weighted by Gasteiger charge is -2.33. The number of piperidine rings is 1. The molecule has 0 unspecified atom stereocenters. The first kappa shape index (κ1) is 17.3. The van der Waals surface area contributed by atoms with E-state index in [1.165, 1.54) is 0 Å². The van der Waals surface area contributed by atoms with Gasteiger partial charge in [0.1, 0.15) is 0 Å². The number of fused-ring (bicyclic) bond motifs is 1. The smallest absolute Gasteiger partial charge is 0.254 e. The molecule has 0 radical (unpaired) electrons. The molecule has 138 valence electrons. The van der Waals surface area contributed by atoms with Gasteiger partial charge in [-0.25, -0.2) is 0 Å². The average molecular weight is 352 g/mol. The predicted octanol–water partition coefficient (Wildman–Crippen LogP) is 3.27. The molecule has 26 heavy (non-hydrogen) atoms. The minimum Gasteiger partial charge on any atom is -0.342 e. The van der Waals surface area contributed by atoms with E-state index in [4.69, 9.17) is 0 Å². The molecule has 1 aromatic rings. The number of benzene rings is 1. The van der Waals surface area contributed by atoms with Gasteiger partial charge in [-0.15, -0.1) is 0 Å². The van der Waals surface area contributed by atoms with Gasteiger partial charge in [-0.3, -0.25) is 9.59 Å². The summed E-state index contributed by atoms with van der Waals surface area (Å²) in [5.74, 6) is 1.83. The number of likely N-dealkylation sites (tertiary alicyclic amines) is 2. The van der Waals surface area contributed by atoms with Crippen LogP contribution in [0.2, 0.25) is 0 Å². The molecule has 2 aliphatic heterocycles. The van der Waals surface area contributed by atoms with Crippen LogP contribution in [-0.2, 0) is 4.79 Å². The van der Waals surface area contributed by atoms with Crippen molar-refractivity contribution in [2.24, 2.45) is 17.8 Å². The Morgan fingerprint density at radius 3 is 2.15 bits per heavy atom. The van der Waals surface area contributed by atoms with Crippen molar-refractivity contribution >= 4 is 11.8 Å². The molecule has 1 aliphatic carbocycles. The van der Waals surface area contributed by atoms with Gasteiger partial charge in [-0.2, -0.15) is 0 Å². The van der Waals surface area contributed by atoms with Crippen LogP contribution in [0.1, 0.15) is 41.6 Å². The zero-order valence-corrected chi connectivity index (χ0v) is 15.6. The number of rotatable bonds is 2. The van der Waals surface area contributed by atoms with E-state index in [0.29, 0.717) is 30.8 Å². The van der Waals surface area contributed by atoms with Crippen molar-refractivity contribution in [2.75, 3.05) is 26.2 Å². The monoisotopic (exact) mass is 352 g/mol. The summed E-state index contributed by atoms with van der Waals surface area (Å²) in [7, 11) is 0. The molecule has 1 aromatic carbocycles. The molecule has 4 nitrogen and oxygen atoms in total. The molecule has 0 saturated carbocycles. The fourth-order valence-electron chi connectivity index (χ4n) is 4.77. The van der Waals surface area contributed by atoms with Gasteiger partial charge in [-0.05, 0) is 56.1 Å². The highest BCUT2D eigenvalue weighted by Gasteiger charge is 2.38. The Labute approximate surface area is 155 Å². The first-order chi connectivity index (χ1) is 12.6. The summed E-state index contributed by atoms with van der Waals surface area (Å²) in [5, 5.41) is 0. The normalized spacial score (nSPS) is 26.0. The minimum absolute atomic E-state index is 0.0871. The van der Waals surface area contributed by atoms with Crippen molar-refractivity contribution in [3.8, 4) is 0 Å². The number of carbonyl (C=O) groups excluding carboxylic acids is 2. The Morgan fingerprint density at radius 1 is 0.923 bits per heavy atom. The Balaban J connectivity index is 1.33. The van der Waals surface area contributed by atoms with Crippen LogP contribution in [0.3, 0.4) is 0 Å². The topological polar surface area (TPSA) is 40.6 Å². The van der Waals surface area contributed by atoms with Crippen molar-refractivity contribution in [1.82, 2.24) is 9.80 Å². The van der Waals surface area contributed by atoms with Crippen molar-refractivity contribution < 1.29 is 9.59 Å². The summed E-state index contributed by atoms with van der Waals surface area (Å²) >= 11 is 0. The summed E-state index contributed by atoms with van der Waals surface area (Å²) in [5.41, 5.74) is 1.80. The van der Waals surface area contributed by atoms with Gasteiger partial charge >= 0.3 is 0 Å². The third-order valence-electron chi connectivity index (χ3n) is 6.44. The van der Waals surface area contributed by atoms with E-state index < -0.39 is 0 Å². The lowest BCUT2D eigenvalue weighted by Crippen LogP contribution is -2.44. The van der Waals surface area contributed by atoms with E-state index in [1.54, 1.807) is 0 Å². The van der Waals surface area contributed by atoms with E-state index in [0.717, 1.165) is 49.9 Å². The highest BCUT2D eigenvalue weighted by molar-refractivity contribution is 5.95. The van der Waals surface area contributed by atoms with Crippen molar-refractivity contribution in [1.29, 1.82) is 0 Å². The molecule has 0 N–H and O–H groups in total. The zero-order valence-electron chi connectivity index (χ0n) is 15.6. The molecule has 3 aliphatic rings. The number of aryl methyl sites for hydroxylation is 1. The average Bonchev–Trinajstić information content (AvgIpc) is 3.11. The van der Waals surface area contributed by atoms with Crippen LogP contribution in [-0.4, -0.2) is 47.8 Å². The molecule has 0 bridgehead atoms. The summed E-state index contributed by atoms with van der Waals surface area (Å²) in [6, 6.07) is 7.75. The van der Waals surface area contributed by atoms with Crippen molar-refractivity contribution in [2.45, 2.75) is 32.6 Å². The third kappa shape index (κ3) is 3.29. The number of hydrogen-bond acceptors (Lipinski definition) is 2. The molecule has 2 atom stereocenters. The van der Waals surface area contributed by atoms with Gasteiger partial charge in [0.05, 0.1) is 0 Å². The number of nitrogens with zero attached hydrogens (tertiary/aromatic N) is 2. The van der Waals surface area contributed by atoms with Crippen LogP contribution in [0.25, 0.3) is 0 Å². The number of carbonyl (C=O) groups is 2. The highest BCUT2D eigenvalue weighted by Crippen LogP contribution is 2.34. The van der Waals surface area contributed by atoms with Gasteiger partial charge in [-0.1, -0.05) is 30.4 Å². The lowest BCUT2D eigenvalue weighted by atomic mass is 9.86. The van der Waals surface area contributed by atoms with E-state index >= 15 is 0 Å². The van der Waals surface area contributed by atoms with Gasteiger partial charge < -0.3 is 9.80 Å². The molecule has 0 spiro atoms. The van der Waals surface area contributed by atoms with E-state index in [9.17, 15) is 9.59 Å². The molecule has 2 heterocycles. The molecular weight excluding hydrogens is 324 g/mol. The Hall–Kier alpha value is -2.10. The first-order valence-corrected chi connectivity index (χ1v) is 9.92. The molecule has 4 rings (SSSR count). The van der Waals surface area contributed by atoms with Crippen molar-refractivity contribution in [3.63, 3.8) is 0 Å². The highest BCUT2D eigenvalue weighted by atomic mass is 16.2. The van der Waals surface area contributed by atoms with E-state index in [-0.39, 0.29) is 11.8 Å². The second-order valence-corrected chi connectivity index (χ2v) is 8.09. The summed E-state index contributed by atoms with van der Waals surface area (Å²) < 4.78 is 0. The Kier molecular flexibility index (Phi) is 4.84. The number of hydrogen-bond donors (Lipinski definition) is 0. The maximum atomic E-state index is 12.9. The second kappa shape index (κ2) is 7.26. The molecule has 2 amide bonds. The van der Waals surface area contributed by atoms with Crippen LogP contribution < -0.4 is 0 Å². The fourth-order valence-corrected chi connectivity index (χ4v) is 4.77. The van der Waals surface area contributed by atoms with Gasteiger partial charge in [0.15, 0.2) is 0 Å². The lowest BCUT2D eigenvalue weighted by molar-refractivity contribution is -0.136. The second-order valence-electron chi connectivity index (χ2n) is 8.09. The predicted molar refractivity (Wildman–Crippen MR) is 102 cm³/mol. The molecular formula is C22H28N2O2. The zero-order chi connectivity index (χ0) is 18.1. The molecule has 4 heteroatoms. The Bertz CT molecular complexity index is 703. The van der Waals surface area contributed by atoms with Crippen LogP contribution in [0.4, 0.5) is 0 Å². The molecule has 0 aromatic heterocycles. The van der Waals surface area contributed by atoms with Gasteiger partial charge in [0.2, 0.25) is 5.91 Å². The summed E-state index contributed by atoms with van der Waals surface area (Å²) in [4.78, 5) is 29.7. The third-order valence-corrected chi connectivity index (χ3v) is 6.44. The van der Waals surface area contributed by atoms with Gasteiger partial charge in [0.25, 0.3) is 5.91 Å². The number of amides is 2. The quantitative estimate of drug-likeness (QED) is 0.767. The van der Waals surface area contributed by atoms with E-state index in [1.807, 2.05) is 36.1 Å². The van der Waals surface area contributed by atoms with Crippen molar-refractivity contribution in [3.05, 3.63) is 47.5 Å². The standard InChI is InChI=1S/C22H28N2O2/c1-16-6-2-5-9-20(16)22(26)23-12-10-17(11-13-23)21(25)24-14-18-7-3-4-8-19(18)15-24/h2-6,9,17-19H,7-8,10-15H2,1H3/t18-,19+. The largest absolute Gasteiger partial charge is 0.342 e. The maximum absolute atomic E-state index is 12.9. The minimum atomic E-state index is 0.0871. The summed E-state index contributed by atoms with van der Waals surface area (Å²) in [6.45, 7) is 5.20. The van der Waals surface area contributed by atoms with Crippen LogP contribution in [0.15, 0.2) is 36.4 Å². The first-order valence-electron chi connectivity index (χ1n) is 9.92. The molecule has 2 fully saturated rings. The summed E-state index contributed by atoms with van der Waals surface area (Å²) in [6.07, 6.45) is 8.37. The number of allylic oxidation sites excluding steroid dienone is 2. The van der Waals surface area contributed by atoms with Crippen LogP contribution in [0, 0.1) is 24.7 Å².